The fourth-order valence-corrected chi connectivity index (χ4v) is 1.26. The highest BCUT2D eigenvalue weighted by molar-refractivity contribution is 7.99. The predicted molar refractivity (Wildman–Crippen MR) is 41.6 cm³/mol. The maximum Gasteiger partial charge on any atom is 0.343 e. The number of aliphatic hydroxyl groups is 1. The maximum absolute atomic E-state index is 10.8. The molecule has 11 heavy (non-hydrogen) atoms. The van der Waals surface area contributed by atoms with E-state index in [0.717, 1.165) is 0 Å². The van der Waals surface area contributed by atoms with E-state index in [1.165, 1.54) is 16.3 Å². The van der Waals surface area contributed by atoms with Gasteiger partial charge >= 0.3 is 5.69 Å². The van der Waals surface area contributed by atoms with Gasteiger partial charge in [-0.15, -0.1) is 5.10 Å². The first-order valence-corrected chi connectivity index (χ1v) is 4.09. The second-order valence-electron chi connectivity index (χ2n) is 1.94. The molecule has 0 saturated heterocycles. The van der Waals surface area contributed by atoms with Crippen molar-refractivity contribution < 1.29 is 5.11 Å². The fourth-order valence-electron chi connectivity index (χ4n) is 0.599. The molecule has 0 fully saturated rings. The summed E-state index contributed by atoms with van der Waals surface area (Å²) in [5.74, 6) is 0.554. The molecule has 2 N–H and O–H groups in total. The summed E-state index contributed by atoms with van der Waals surface area (Å²) >= 11 is 1.34. The van der Waals surface area contributed by atoms with Crippen molar-refractivity contribution in [3.8, 4) is 0 Å². The molecule has 0 radical (unpaired) electrons. The van der Waals surface area contributed by atoms with Gasteiger partial charge in [-0.05, 0) is 0 Å². The zero-order valence-electron chi connectivity index (χ0n) is 6.07. The molecular weight excluding hydrogens is 166 g/mol. The Labute approximate surface area is 67.4 Å². The molecule has 1 rings (SSSR count). The number of nitrogens with one attached hydrogen (secondary N) is 1. The van der Waals surface area contributed by atoms with Crippen molar-refractivity contribution in [2.45, 2.75) is 5.16 Å². The molecule has 0 unspecified atom stereocenters. The number of rotatable bonds is 3. The van der Waals surface area contributed by atoms with Crippen molar-refractivity contribution in [2.75, 3.05) is 12.4 Å². The van der Waals surface area contributed by atoms with Gasteiger partial charge in [-0.2, -0.15) is 0 Å². The van der Waals surface area contributed by atoms with E-state index < -0.39 is 0 Å². The van der Waals surface area contributed by atoms with E-state index in [-0.39, 0.29) is 12.3 Å². The Hall–Kier alpha value is -0.750. The SMILES string of the molecule is Cn1c(SCCO)n[nH]c1=O. The summed E-state index contributed by atoms with van der Waals surface area (Å²) in [4.78, 5) is 10.8. The highest BCUT2D eigenvalue weighted by Gasteiger charge is 2.02. The Morgan fingerprint density at radius 2 is 2.55 bits per heavy atom. The lowest BCUT2D eigenvalue weighted by atomic mass is 10.9. The van der Waals surface area contributed by atoms with Crippen LogP contribution in [0.3, 0.4) is 0 Å². The smallest absolute Gasteiger partial charge is 0.343 e. The van der Waals surface area contributed by atoms with Crippen LogP contribution in [-0.2, 0) is 7.05 Å². The summed E-state index contributed by atoms with van der Waals surface area (Å²) in [5, 5.41) is 15.1. The van der Waals surface area contributed by atoms with Crippen molar-refractivity contribution in [1.82, 2.24) is 14.8 Å². The molecule has 0 aliphatic carbocycles. The lowest BCUT2D eigenvalue weighted by molar-refractivity contribution is 0.322. The number of aromatic amines is 1. The minimum atomic E-state index is -0.231. The fraction of sp³-hybridized carbons (Fsp3) is 0.600. The van der Waals surface area contributed by atoms with Gasteiger partial charge in [0.1, 0.15) is 0 Å². The van der Waals surface area contributed by atoms with Gasteiger partial charge in [-0.3, -0.25) is 4.57 Å². The topological polar surface area (TPSA) is 70.9 Å². The third-order valence-corrected chi connectivity index (χ3v) is 2.17. The summed E-state index contributed by atoms with van der Waals surface area (Å²) in [6.45, 7) is 0.0890. The van der Waals surface area contributed by atoms with E-state index in [2.05, 4.69) is 10.2 Å². The molecule has 0 spiro atoms. The van der Waals surface area contributed by atoms with Gasteiger partial charge in [0.15, 0.2) is 5.16 Å². The van der Waals surface area contributed by atoms with Gasteiger partial charge in [0.25, 0.3) is 0 Å². The van der Waals surface area contributed by atoms with Crippen molar-refractivity contribution in [2.24, 2.45) is 7.05 Å². The Balaban J connectivity index is 2.71. The predicted octanol–water partition coefficient (Wildman–Crippen LogP) is -0.807. The summed E-state index contributed by atoms with van der Waals surface area (Å²) < 4.78 is 1.40. The van der Waals surface area contributed by atoms with E-state index in [1.807, 2.05) is 0 Å². The molecule has 0 aromatic carbocycles. The molecule has 0 bridgehead atoms. The first-order chi connectivity index (χ1) is 5.25. The number of hydrogen-bond donors (Lipinski definition) is 2. The van der Waals surface area contributed by atoms with Crippen molar-refractivity contribution in [1.29, 1.82) is 0 Å². The zero-order valence-corrected chi connectivity index (χ0v) is 6.89. The molecule has 62 valence electrons. The molecule has 0 saturated carbocycles. The van der Waals surface area contributed by atoms with E-state index in [1.54, 1.807) is 7.05 Å². The van der Waals surface area contributed by atoms with Gasteiger partial charge in [-0.1, -0.05) is 11.8 Å². The number of aromatic nitrogens is 3. The minimum Gasteiger partial charge on any atom is -0.396 e. The van der Waals surface area contributed by atoms with Crippen LogP contribution in [-0.4, -0.2) is 32.2 Å². The first kappa shape index (κ1) is 8.35. The normalized spacial score (nSPS) is 10.4. The molecule has 0 aliphatic heterocycles. The monoisotopic (exact) mass is 175 g/mol. The Morgan fingerprint density at radius 1 is 1.82 bits per heavy atom. The summed E-state index contributed by atoms with van der Waals surface area (Å²) in [6.07, 6.45) is 0. The van der Waals surface area contributed by atoms with E-state index in [4.69, 9.17) is 5.11 Å². The van der Waals surface area contributed by atoms with Crippen LogP contribution in [0, 0.1) is 0 Å². The van der Waals surface area contributed by atoms with Crippen molar-refractivity contribution in [3.05, 3.63) is 10.5 Å². The molecule has 6 heteroatoms. The lowest BCUT2D eigenvalue weighted by Gasteiger charge is -1.94. The van der Waals surface area contributed by atoms with Gasteiger partial charge < -0.3 is 5.11 Å². The standard InChI is InChI=1S/C5H9N3O2S/c1-8-4(10)6-7-5(8)11-3-2-9/h9H,2-3H2,1H3,(H,6,10). The third-order valence-electron chi connectivity index (χ3n) is 1.16. The van der Waals surface area contributed by atoms with E-state index in [9.17, 15) is 4.79 Å². The van der Waals surface area contributed by atoms with Gasteiger partial charge in [0.2, 0.25) is 0 Å². The van der Waals surface area contributed by atoms with Gasteiger partial charge in [0.05, 0.1) is 6.61 Å². The average Bonchev–Trinajstić information content (AvgIpc) is 2.31. The number of aliphatic hydroxyl groups excluding tert-OH is 1. The van der Waals surface area contributed by atoms with E-state index >= 15 is 0 Å². The largest absolute Gasteiger partial charge is 0.396 e. The van der Waals surface area contributed by atoms with Crippen molar-refractivity contribution >= 4 is 11.8 Å². The highest BCUT2D eigenvalue weighted by Crippen LogP contribution is 2.09. The molecule has 0 aliphatic rings. The summed E-state index contributed by atoms with van der Waals surface area (Å²) in [5.41, 5.74) is -0.231. The molecular formula is C5H9N3O2S. The lowest BCUT2D eigenvalue weighted by Crippen LogP contribution is -2.13. The Bertz CT molecular complexity index is 280. The molecule has 5 nitrogen and oxygen atoms in total. The third kappa shape index (κ3) is 1.84. The van der Waals surface area contributed by atoms with Crippen LogP contribution in [0.15, 0.2) is 9.95 Å². The molecule has 1 aromatic rings. The molecule has 1 aromatic heterocycles. The van der Waals surface area contributed by atoms with Gasteiger partial charge in [-0.25, -0.2) is 9.89 Å². The summed E-state index contributed by atoms with van der Waals surface area (Å²) in [6, 6.07) is 0. The first-order valence-electron chi connectivity index (χ1n) is 3.10. The quantitative estimate of drug-likeness (QED) is 0.590. The second kappa shape index (κ2) is 3.59. The van der Waals surface area contributed by atoms with Crippen LogP contribution in [0.2, 0.25) is 0 Å². The number of hydrogen-bond acceptors (Lipinski definition) is 4. The van der Waals surface area contributed by atoms with Crippen LogP contribution >= 0.6 is 11.8 Å². The maximum atomic E-state index is 10.8. The number of thioether (sulfide) groups is 1. The van der Waals surface area contributed by atoms with Crippen LogP contribution in [0.4, 0.5) is 0 Å². The average molecular weight is 175 g/mol. The van der Waals surface area contributed by atoms with Crippen molar-refractivity contribution in [3.63, 3.8) is 0 Å². The minimum absolute atomic E-state index is 0.0890. The van der Waals surface area contributed by atoms with Crippen LogP contribution in [0.25, 0.3) is 0 Å². The molecule has 0 amide bonds. The zero-order chi connectivity index (χ0) is 8.27. The Kier molecular flexibility index (Phi) is 2.72. The number of nitrogens with zero attached hydrogens (tertiary/aromatic N) is 2. The Morgan fingerprint density at radius 3 is 3.00 bits per heavy atom. The van der Waals surface area contributed by atoms with Crippen LogP contribution in [0.1, 0.15) is 0 Å². The molecule has 1 heterocycles. The van der Waals surface area contributed by atoms with E-state index in [0.29, 0.717) is 10.9 Å². The second-order valence-corrected chi connectivity index (χ2v) is 3.00. The van der Waals surface area contributed by atoms with Crippen LogP contribution < -0.4 is 5.69 Å². The highest BCUT2D eigenvalue weighted by atomic mass is 32.2. The number of H-pyrrole nitrogens is 1. The molecule has 0 atom stereocenters. The van der Waals surface area contributed by atoms with Gasteiger partial charge in [0, 0.05) is 12.8 Å². The van der Waals surface area contributed by atoms with Crippen LogP contribution in [0.5, 0.6) is 0 Å². The summed E-state index contributed by atoms with van der Waals surface area (Å²) in [7, 11) is 1.63.